The molecule has 0 radical (unpaired) electrons. The predicted molar refractivity (Wildman–Crippen MR) is 86.2 cm³/mol. The summed E-state index contributed by atoms with van der Waals surface area (Å²) in [5.41, 5.74) is 0.841. The zero-order valence-corrected chi connectivity index (χ0v) is 14.5. The molecule has 2 rings (SSSR count). The van der Waals surface area contributed by atoms with Gasteiger partial charge in [0.2, 0.25) is 0 Å². The van der Waals surface area contributed by atoms with E-state index in [2.05, 4.69) is 37.0 Å². The Bertz CT molecular complexity index is 691. The van der Waals surface area contributed by atoms with Crippen molar-refractivity contribution in [3.8, 4) is 5.75 Å². The smallest absolute Gasteiger partial charge is 0.356 e. The fourth-order valence-corrected chi connectivity index (χ4v) is 2.89. The Balaban J connectivity index is 2.21. The second-order valence-corrected chi connectivity index (χ2v) is 6.14. The molecule has 0 aliphatic carbocycles. The van der Waals surface area contributed by atoms with E-state index in [1.807, 2.05) is 6.92 Å². The summed E-state index contributed by atoms with van der Waals surface area (Å²) in [6.07, 6.45) is -3.13. The minimum Gasteiger partial charge on any atom is -0.356 e. The lowest BCUT2D eigenvalue weighted by Crippen LogP contribution is -2.06. The number of alkyl halides is 3. The number of para-hydroxylation sites is 1. The number of oxime groups is 1. The quantitative estimate of drug-likeness (QED) is 0.430. The van der Waals surface area contributed by atoms with Crippen LogP contribution in [0.25, 0.3) is 0 Å². The van der Waals surface area contributed by atoms with Crippen LogP contribution in [0.5, 0.6) is 5.75 Å². The fourth-order valence-electron chi connectivity index (χ4n) is 1.66. The van der Waals surface area contributed by atoms with Crippen molar-refractivity contribution in [2.75, 3.05) is 0 Å². The lowest BCUT2D eigenvalue weighted by molar-refractivity contribution is -0.138. The van der Waals surface area contributed by atoms with Crippen molar-refractivity contribution in [3.63, 3.8) is 0 Å². The first-order chi connectivity index (χ1) is 10.3. The molecule has 0 heterocycles. The van der Waals surface area contributed by atoms with E-state index in [-0.39, 0.29) is 5.75 Å². The third-order valence-corrected chi connectivity index (χ3v) is 4.50. The van der Waals surface area contributed by atoms with E-state index in [9.17, 15) is 13.2 Å². The van der Waals surface area contributed by atoms with Crippen LogP contribution in [0.1, 0.15) is 16.7 Å². The minimum atomic E-state index is -4.48. The van der Waals surface area contributed by atoms with Crippen molar-refractivity contribution in [1.82, 2.24) is 0 Å². The van der Waals surface area contributed by atoms with Crippen LogP contribution in [0, 0.1) is 6.92 Å². The highest BCUT2D eigenvalue weighted by atomic mass is 79.9. The van der Waals surface area contributed by atoms with E-state index in [4.69, 9.17) is 4.84 Å². The second kappa shape index (κ2) is 6.83. The lowest BCUT2D eigenvalue weighted by Gasteiger charge is -2.10. The molecule has 0 atom stereocenters. The number of halogens is 5. The van der Waals surface area contributed by atoms with E-state index >= 15 is 0 Å². The largest absolute Gasteiger partial charge is 0.420 e. The molecule has 116 valence electrons. The van der Waals surface area contributed by atoms with Gasteiger partial charge in [-0.1, -0.05) is 49.1 Å². The molecule has 0 unspecified atom stereocenters. The summed E-state index contributed by atoms with van der Waals surface area (Å²) in [5.74, 6) is -0.337. The first kappa shape index (κ1) is 17.0. The van der Waals surface area contributed by atoms with Gasteiger partial charge in [0.25, 0.3) is 0 Å². The number of hydrogen-bond donors (Lipinski definition) is 0. The van der Waals surface area contributed by atoms with Gasteiger partial charge in [-0.05, 0) is 42.3 Å². The summed E-state index contributed by atoms with van der Waals surface area (Å²) < 4.78 is 40.1. The number of rotatable bonds is 3. The van der Waals surface area contributed by atoms with Gasteiger partial charge in [0, 0.05) is 8.95 Å². The lowest BCUT2D eigenvalue weighted by atomic mass is 10.2. The van der Waals surface area contributed by atoms with Crippen molar-refractivity contribution < 1.29 is 18.0 Å². The molecular weight excluding hydrogens is 427 g/mol. The molecule has 0 aliphatic rings. The molecule has 2 aromatic rings. The highest BCUT2D eigenvalue weighted by Crippen LogP contribution is 2.36. The van der Waals surface area contributed by atoms with Crippen molar-refractivity contribution in [1.29, 1.82) is 0 Å². The Morgan fingerprint density at radius 2 is 1.68 bits per heavy atom. The van der Waals surface area contributed by atoms with Crippen LogP contribution in [0.15, 0.2) is 50.5 Å². The summed E-state index contributed by atoms with van der Waals surface area (Å²) in [7, 11) is 0. The van der Waals surface area contributed by atoms with Crippen LogP contribution in [-0.4, -0.2) is 6.21 Å². The van der Waals surface area contributed by atoms with Gasteiger partial charge in [-0.15, -0.1) is 0 Å². The van der Waals surface area contributed by atoms with Crippen LogP contribution in [0.3, 0.4) is 0 Å². The molecule has 0 fully saturated rings. The highest BCUT2D eigenvalue weighted by Gasteiger charge is 2.34. The SMILES string of the molecule is Cc1c(Br)cc(/C=N\Oc2ccccc2C(F)(F)F)cc1Br. The third kappa shape index (κ3) is 4.10. The molecule has 0 aliphatic heterocycles. The monoisotopic (exact) mass is 435 g/mol. The van der Waals surface area contributed by atoms with Crippen molar-refractivity contribution >= 4 is 38.1 Å². The van der Waals surface area contributed by atoms with Crippen LogP contribution in [0.2, 0.25) is 0 Å². The topological polar surface area (TPSA) is 21.6 Å². The van der Waals surface area contributed by atoms with Gasteiger partial charge < -0.3 is 4.84 Å². The first-order valence-corrected chi connectivity index (χ1v) is 7.70. The molecule has 22 heavy (non-hydrogen) atoms. The molecular formula is C15H10Br2F3NO. The second-order valence-electron chi connectivity index (χ2n) is 4.43. The van der Waals surface area contributed by atoms with E-state index in [1.54, 1.807) is 12.1 Å². The maximum absolute atomic E-state index is 12.8. The molecule has 0 saturated carbocycles. The van der Waals surface area contributed by atoms with E-state index in [0.717, 1.165) is 20.6 Å². The van der Waals surface area contributed by atoms with Gasteiger partial charge in [0.1, 0.15) is 5.56 Å². The van der Waals surface area contributed by atoms with Crippen LogP contribution in [-0.2, 0) is 6.18 Å². The molecule has 0 N–H and O–H groups in total. The first-order valence-electron chi connectivity index (χ1n) is 6.11. The summed E-state index contributed by atoms with van der Waals surface area (Å²) in [6, 6.07) is 8.52. The summed E-state index contributed by atoms with van der Waals surface area (Å²) in [5, 5.41) is 3.63. The van der Waals surface area contributed by atoms with Gasteiger partial charge in [-0.2, -0.15) is 13.2 Å². The molecule has 0 saturated heterocycles. The summed E-state index contributed by atoms with van der Waals surface area (Å²) in [6.45, 7) is 1.92. The maximum Gasteiger partial charge on any atom is 0.420 e. The molecule has 0 spiro atoms. The Morgan fingerprint density at radius 3 is 2.27 bits per heavy atom. The van der Waals surface area contributed by atoms with Crippen molar-refractivity contribution in [2.45, 2.75) is 13.1 Å². The minimum absolute atomic E-state index is 0.337. The standard InChI is InChI=1S/C15H10Br2F3NO/c1-9-12(16)6-10(7-13(9)17)8-21-22-14-5-3-2-4-11(14)15(18,19)20/h2-8H,1H3/b21-8-. The Kier molecular flexibility index (Phi) is 5.28. The van der Waals surface area contributed by atoms with Crippen LogP contribution >= 0.6 is 31.9 Å². The predicted octanol–water partition coefficient (Wildman–Crippen LogP) is 5.95. The number of benzene rings is 2. The fraction of sp³-hybridized carbons (Fsp3) is 0.133. The zero-order valence-electron chi connectivity index (χ0n) is 11.3. The average molecular weight is 437 g/mol. The Hall–Kier alpha value is -1.34. The number of hydrogen-bond acceptors (Lipinski definition) is 2. The molecule has 7 heteroatoms. The molecule has 0 amide bonds. The molecule has 2 nitrogen and oxygen atoms in total. The van der Waals surface area contributed by atoms with Gasteiger partial charge in [-0.3, -0.25) is 0 Å². The van der Waals surface area contributed by atoms with Crippen molar-refractivity contribution in [2.24, 2.45) is 5.16 Å². The van der Waals surface area contributed by atoms with Gasteiger partial charge in [-0.25, -0.2) is 0 Å². The third-order valence-electron chi connectivity index (χ3n) is 2.85. The molecule has 0 bridgehead atoms. The van der Waals surface area contributed by atoms with Gasteiger partial charge in [0.15, 0.2) is 5.75 Å². The van der Waals surface area contributed by atoms with Crippen molar-refractivity contribution in [3.05, 3.63) is 62.0 Å². The maximum atomic E-state index is 12.8. The summed E-state index contributed by atoms with van der Waals surface area (Å²) >= 11 is 6.78. The summed E-state index contributed by atoms with van der Waals surface area (Å²) in [4.78, 5) is 4.90. The Labute approximate surface area is 142 Å². The highest BCUT2D eigenvalue weighted by molar-refractivity contribution is 9.11. The normalized spacial score (nSPS) is 11.9. The Morgan fingerprint density at radius 1 is 1.09 bits per heavy atom. The van der Waals surface area contributed by atoms with E-state index < -0.39 is 11.7 Å². The van der Waals surface area contributed by atoms with Crippen LogP contribution in [0.4, 0.5) is 13.2 Å². The molecule has 2 aromatic carbocycles. The van der Waals surface area contributed by atoms with E-state index in [0.29, 0.717) is 5.56 Å². The average Bonchev–Trinajstić information content (AvgIpc) is 2.44. The van der Waals surface area contributed by atoms with Crippen LogP contribution < -0.4 is 4.84 Å². The number of nitrogens with zero attached hydrogens (tertiary/aromatic N) is 1. The van der Waals surface area contributed by atoms with Gasteiger partial charge in [0.05, 0.1) is 6.21 Å². The van der Waals surface area contributed by atoms with E-state index in [1.165, 1.54) is 24.4 Å². The van der Waals surface area contributed by atoms with Gasteiger partial charge >= 0.3 is 6.18 Å². The molecule has 0 aromatic heterocycles. The zero-order chi connectivity index (χ0) is 16.3.